The van der Waals surface area contributed by atoms with Gasteiger partial charge in [-0.05, 0) is 31.2 Å². The van der Waals surface area contributed by atoms with E-state index in [1.807, 2.05) is 0 Å². The highest BCUT2D eigenvalue weighted by atomic mass is 16.5. The maximum atomic E-state index is 11.6. The Labute approximate surface area is 97.5 Å². The van der Waals surface area contributed by atoms with E-state index in [4.69, 9.17) is 9.15 Å². The van der Waals surface area contributed by atoms with Crippen LogP contribution in [0.4, 0.5) is 0 Å². The van der Waals surface area contributed by atoms with Gasteiger partial charge in [0.05, 0.1) is 5.56 Å². The third kappa shape index (κ3) is 2.60. The second-order valence-electron chi connectivity index (χ2n) is 3.45. The molecule has 0 aliphatic heterocycles. The Morgan fingerprint density at radius 1 is 1.12 bits per heavy atom. The summed E-state index contributed by atoms with van der Waals surface area (Å²) >= 11 is 0. The zero-order valence-electron chi connectivity index (χ0n) is 9.17. The van der Waals surface area contributed by atoms with E-state index in [2.05, 4.69) is 0 Å². The fourth-order valence-corrected chi connectivity index (χ4v) is 1.30. The summed E-state index contributed by atoms with van der Waals surface area (Å²) in [5.41, 5.74) is -0.276. The van der Waals surface area contributed by atoms with Gasteiger partial charge in [-0.15, -0.1) is 0 Å². The van der Waals surface area contributed by atoms with Crippen molar-refractivity contribution in [2.45, 2.75) is 6.92 Å². The maximum absolute atomic E-state index is 11.6. The average molecular weight is 230 g/mol. The molecule has 1 heterocycles. The van der Waals surface area contributed by atoms with Gasteiger partial charge in [0, 0.05) is 0 Å². The van der Waals surface area contributed by atoms with E-state index in [1.54, 1.807) is 43.3 Å². The summed E-state index contributed by atoms with van der Waals surface area (Å²) in [6.45, 7) is 1.64. The van der Waals surface area contributed by atoms with Crippen LogP contribution in [0, 0.1) is 6.92 Å². The van der Waals surface area contributed by atoms with Crippen molar-refractivity contribution in [3.05, 3.63) is 64.2 Å². The lowest BCUT2D eigenvalue weighted by atomic mass is 10.2. The summed E-state index contributed by atoms with van der Waals surface area (Å²) in [4.78, 5) is 23.0. The Morgan fingerprint density at radius 2 is 1.82 bits per heavy atom. The van der Waals surface area contributed by atoms with Gasteiger partial charge in [-0.2, -0.15) is 0 Å². The van der Waals surface area contributed by atoms with Crippen LogP contribution in [0.15, 0.2) is 51.7 Å². The zero-order chi connectivity index (χ0) is 12.3. The van der Waals surface area contributed by atoms with Crippen LogP contribution in [0.25, 0.3) is 0 Å². The molecular formula is C13H10O4. The first-order valence-corrected chi connectivity index (χ1v) is 5.05. The molecule has 4 nitrogen and oxygen atoms in total. The fraction of sp³-hybridized carbons (Fsp3) is 0.0769. The molecule has 0 unspecified atom stereocenters. The molecule has 0 fully saturated rings. The number of carbonyl (C=O) groups excluding carboxylic acids is 1. The highest BCUT2D eigenvalue weighted by Gasteiger charge is 2.11. The number of ether oxygens (including phenoxy) is 1. The summed E-state index contributed by atoms with van der Waals surface area (Å²) in [5.74, 6) is -0.222. The molecule has 17 heavy (non-hydrogen) atoms. The first-order valence-electron chi connectivity index (χ1n) is 5.05. The SMILES string of the molecule is Cc1ccc(OC(=O)c2ccccc2)c(=O)o1. The fourth-order valence-electron chi connectivity index (χ4n) is 1.30. The molecule has 0 radical (unpaired) electrons. The Bertz CT molecular complexity index is 584. The normalized spacial score (nSPS) is 9.94. The van der Waals surface area contributed by atoms with E-state index in [9.17, 15) is 9.59 Å². The highest BCUT2D eigenvalue weighted by Crippen LogP contribution is 2.08. The maximum Gasteiger partial charge on any atom is 0.379 e. The van der Waals surface area contributed by atoms with E-state index in [0.29, 0.717) is 11.3 Å². The van der Waals surface area contributed by atoms with Gasteiger partial charge in [0.15, 0.2) is 0 Å². The Kier molecular flexibility index (Phi) is 3.05. The van der Waals surface area contributed by atoms with Crippen molar-refractivity contribution < 1.29 is 13.9 Å². The van der Waals surface area contributed by atoms with Crippen LogP contribution < -0.4 is 10.4 Å². The second kappa shape index (κ2) is 4.65. The standard InChI is InChI=1S/C13H10O4/c1-9-7-8-11(13(15)16-9)17-12(14)10-5-3-2-4-6-10/h2-8H,1H3. The van der Waals surface area contributed by atoms with E-state index < -0.39 is 11.6 Å². The summed E-state index contributed by atoms with van der Waals surface area (Å²) in [7, 11) is 0. The first kappa shape index (κ1) is 11.1. The lowest BCUT2D eigenvalue weighted by Gasteiger charge is -2.02. The lowest BCUT2D eigenvalue weighted by molar-refractivity contribution is 0.0727. The molecule has 0 aliphatic carbocycles. The minimum absolute atomic E-state index is 0.107. The molecule has 0 spiro atoms. The lowest BCUT2D eigenvalue weighted by Crippen LogP contribution is -2.14. The van der Waals surface area contributed by atoms with E-state index in [1.165, 1.54) is 6.07 Å². The van der Waals surface area contributed by atoms with Crippen molar-refractivity contribution in [2.24, 2.45) is 0 Å². The van der Waals surface area contributed by atoms with E-state index in [-0.39, 0.29) is 5.75 Å². The predicted molar refractivity (Wildman–Crippen MR) is 61.1 cm³/mol. The average Bonchev–Trinajstić information content (AvgIpc) is 2.34. The molecule has 0 bridgehead atoms. The first-order chi connectivity index (χ1) is 8.16. The van der Waals surface area contributed by atoms with Crippen molar-refractivity contribution in [3.63, 3.8) is 0 Å². The topological polar surface area (TPSA) is 56.5 Å². The number of aryl methyl sites for hydroxylation is 1. The van der Waals surface area contributed by atoms with Gasteiger partial charge in [0.1, 0.15) is 5.76 Å². The van der Waals surface area contributed by atoms with Gasteiger partial charge in [0.25, 0.3) is 0 Å². The number of hydrogen-bond donors (Lipinski definition) is 0. The van der Waals surface area contributed by atoms with Crippen LogP contribution in [0.2, 0.25) is 0 Å². The van der Waals surface area contributed by atoms with Crippen molar-refractivity contribution in [3.8, 4) is 5.75 Å². The number of rotatable bonds is 2. The molecular weight excluding hydrogens is 220 g/mol. The second-order valence-corrected chi connectivity index (χ2v) is 3.45. The number of carbonyl (C=O) groups is 1. The molecule has 0 atom stereocenters. The zero-order valence-corrected chi connectivity index (χ0v) is 9.17. The van der Waals surface area contributed by atoms with Crippen LogP contribution in [0.3, 0.4) is 0 Å². The van der Waals surface area contributed by atoms with Crippen LogP contribution >= 0.6 is 0 Å². The molecule has 0 amide bonds. The Balaban J connectivity index is 2.22. The van der Waals surface area contributed by atoms with Crippen molar-refractivity contribution in [1.29, 1.82) is 0 Å². The molecule has 86 valence electrons. The van der Waals surface area contributed by atoms with Gasteiger partial charge in [-0.1, -0.05) is 18.2 Å². The van der Waals surface area contributed by atoms with E-state index in [0.717, 1.165) is 0 Å². The van der Waals surface area contributed by atoms with Crippen molar-refractivity contribution in [1.82, 2.24) is 0 Å². The van der Waals surface area contributed by atoms with Crippen LogP contribution in [-0.4, -0.2) is 5.97 Å². The summed E-state index contributed by atoms with van der Waals surface area (Å²) in [5, 5.41) is 0. The molecule has 0 saturated carbocycles. The largest absolute Gasteiger partial charge is 0.426 e. The molecule has 2 aromatic rings. The third-order valence-electron chi connectivity index (χ3n) is 2.14. The van der Waals surface area contributed by atoms with Gasteiger partial charge < -0.3 is 9.15 Å². The highest BCUT2D eigenvalue weighted by molar-refractivity contribution is 5.90. The van der Waals surface area contributed by atoms with Gasteiger partial charge in [-0.3, -0.25) is 0 Å². The van der Waals surface area contributed by atoms with Crippen LogP contribution in [0.1, 0.15) is 16.1 Å². The third-order valence-corrected chi connectivity index (χ3v) is 2.14. The number of hydrogen-bond acceptors (Lipinski definition) is 4. The molecule has 1 aromatic carbocycles. The van der Waals surface area contributed by atoms with E-state index >= 15 is 0 Å². The Hall–Kier alpha value is -2.36. The molecule has 0 N–H and O–H groups in total. The molecule has 4 heteroatoms. The number of esters is 1. The summed E-state index contributed by atoms with van der Waals surface area (Å²) in [6, 6.07) is 11.4. The summed E-state index contributed by atoms with van der Waals surface area (Å²) < 4.78 is 9.75. The van der Waals surface area contributed by atoms with Crippen molar-refractivity contribution >= 4 is 5.97 Å². The van der Waals surface area contributed by atoms with Gasteiger partial charge in [0.2, 0.25) is 5.75 Å². The van der Waals surface area contributed by atoms with Crippen molar-refractivity contribution in [2.75, 3.05) is 0 Å². The molecule has 0 saturated heterocycles. The van der Waals surface area contributed by atoms with Gasteiger partial charge >= 0.3 is 11.6 Å². The van der Waals surface area contributed by atoms with Gasteiger partial charge in [-0.25, -0.2) is 9.59 Å². The monoisotopic (exact) mass is 230 g/mol. The smallest absolute Gasteiger partial charge is 0.379 e. The van der Waals surface area contributed by atoms with Crippen LogP contribution in [-0.2, 0) is 0 Å². The molecule has 2 rings (SSSR count). The number of benzene rings is 1. The predicted octanol–water partition coefficient (Wildman–Crippen LogP) is 2.17. The minimum Gasteiger partial charge on any atom is -0.426 e. The molecule has 1 aromatic heterocycles. The van der Waals surface area contributed by atoms with Crippen LogP contribution in [0.5, 0.6) is 5.75 Å². The summed E-state index contributed by atoms with van der Waals surface area (Å²) in [6.07, 6.45) is 0. The minimum atomic E-state index is -0.658. The Morgan fingerprint density at radius 3 is 2.47 bits per heavy atom. The molecule has 0 aliphatic rings. The quantitative estimate of drug-likeness (QED) is 0.742.